The average molecular weight is 275 g/mol. The Morgan fingerprint density at radius 2 is 1.95 bits per heavy atom. The summed E-state index contributed by atoms with van der Waals surface area (Å²) in [6, 6.07) is 13.4. The molecule has 1 amide bonds. The maximum absolute atomic E-state index is 14.0. The number of halogens is 1. The molecule has 0 radical (unpaired) electrons. The summed E-state index contributed by atoms with van der Waals surface area (Å²) in [5.41, 5.74) is 7.17. The molecule has 0 atom stereocenters. The van der Waals surface area contributed by atoms with E-state index in [1.165, 1.54) is 18.2 Å². The van der Waals surface area contributed by atoms with Gasteiger partial charge in [-0.2, -0.15) is 0 Å². The van der Waals surface area contributed by atoms with Gasteiger partial charge in [-0.1, -0.05) is 34.8 Å². The Morgan fingerprint density at radius 3 is 2.55 bits per heavy atom. The van der Waals surface area contributed by atoms with Crippen molar-refractivity contribution in [3.63, 3.8) is 0 Å². The Morgan fingerprint density at radius 1 is 1.25 bits per heavy atom. The van der Waals surface area contributed by atoms with Crippen LogP contribution in [0, 0.1) is 0 Å². The standard InChI is InChI=1S/C14H14FN3O2/c15-18(9-10-4-2-1-3-5-10)11-6-7-13(12(16)8-11)17-14(19)20/h1-8,17H,9,16H2,(H,19,20). The van der Waals surface area contributed by atoms with Crippen LogP contribution in [0.2, 0.25) is 0 Å². The molecule has 0 unspecified atom stereocenters. The number of hydrogen-bond donors (Lipinski definition) is 3. The number of carbonyl (C=O) groups is 1. The van der Waals surface area contributed by atoms with Gasteiger partial charge in [0.15, 0.2) is 0 Å². The highest BCUT2D eigenvalue weighted by atomic mass is 19.2. The van der Waals surface area contributed by atoms with Gasteiger partial charge in [-0.15, -0.1) is 0 Å². The molecule has 0 fully saturated rings. The van der Waals surface area contributed by atoms with Gasteiger partial charge in [0.2, 0.25) is 0 Å². The van der Waals surface area contributed by atoms with E-state index in [0.717, 1.165) is 5.56 Å². The molecule has 104 valence electrons. The fourth-order valence-corrected chi connectivity index (χ4v) is 1.77. The summed E-state index contributed by atoms with van der Waals surface area (Å²) in [7, 11) is 0. The minimum atomic E-state index is -1.22. The number of nitrogens with zero attached hydrogens (tertiary/aromatic N) is 1. The minimum Gasteiger partial charge on any atom is -0.465 e. The van der Waals surface area contributed by atoms with Crippen LogP contribution in [0.25, 0.3) is 0 Å². The van der Waals surface area contributed by atoms with Crippen LogP contribution in [0.3, 0.4) is 0 Å². The van der Waals surface area contributed by atoms with Gasteiger partial charge < -0.3 is 10.8 Å². The molecule has 2 aromatic rings. The first-order chi connectivity index (χ1) is 9.56. The van der Waals surface area contributed by atoms with Crippen molar-refractivity contribution >= 4 is 23.2 Å². The van der Waals surface area contributed by atoms with E-state index in [1.807, 2.05) is 30.3 Å². The van der Waals surface area contributed by atoms with Crippen LogP contribution in [0.4, 0.5) is 26.3 Å². The van der Waals surface area contributed by atoms with Crippen LogP contribution in [0.15, 0.2) is 48.5 Å². The van der Waals surface area contributed by atoms with Gasteiger partial charge in [0.1, 0.15) is 0 Å². The second kappa shape index (κ2) is 5.92. The zero-order valence-corrected chi connectivity index (χ0v) is 10.6. The molecule has 0 heterocycles. The Bertz CT molecular complexity index is 605. The zero-order valence-electron chi connectivity index (χ0n) is 10.6. The molecule has 0 aromatic heterocycles. The van der Waals surface area contributed by atoms with E-state index in [-0.39, 0.29) is 23.6 Å². The lowest BCUT2D eigenvalue weighted by Gasteiger charge is -2.15. The average Bonchev–Trinajstić information content (AvgIpc) is 2.41. The summed E-state index contributed by atoms with van der Waals surface area (Å²) in [6.45, 7) is 0.0893. The van der Waals surface area contributed by atoms with Crippen LogP contribution >= 0.6 is 0 Å². The third-order valence-corrected chi connectivity index (χ3v) is 2.72. The van der Waals surface area contributed by atoms with Gasteiger partial charge in [0.25, 0.3) is 0 Å². The van der Waals surface area contributed by atoms with E-state index in [2.05, 4.69) is 5.32 Å². The monoisotopic (exact) mass is 275 g/mol. The van der Waals surface area contributed by atoms with Gasteiger partial charge >= 0.3 is 6.09 Å². The van der Waals surface area contributed by atoms with Gasteiger partial charge in [-0.05, 0) is 23.8 Å². The third kappa shape index (κ3) is 3.38. The molecule has 0 aliphatic heterocycles. The molecule has 0 saturated carbocycles. The van der Waals surface area contributed by atoms with Gasteiger partial charge in [0.05, 0.1) is 23.6 Å². The van der Waals surface area contributed by atoms with E-state index in [0.29, 0.717) is 5.12 Å². The summed E-state index contributed by atoms with van der Waals surface area (Å²) < 4.78 is 14.0. The number of hydrogen-bond acceptors (Lipinski definition) is 3. The Hall–Kier alpha value is -2.76. The first-order valence-electron chi connectivity index (χ1n) is 5.93. The van der Waals surface area contributed by atoms with Gasteiger partial charge in [0, 0.05) is 0 Å². The van der Waals surface area contributed by atoms with Crippen molar-refractivity contribution < 1.29 is 14.4 Å². The van der Waals surface area contributed by atoms with E-state index in [4.69, 9.17) is 10.8 Å². The van der Waals surface area contributed by atoms with Crippen LogP contribution in [-0.4, -0.2) is 11.2 Å². The molecule has 5 nitrogen and oxygen atoms in total. The van der Waals surface area contributed by atoms with Crippen molar-refractivity contribution in [3.05, 3.63) is 54.1 Å². The van der Waals surface area contributed by atoms with Crippen molar-refractivity contribution in [3.8, 4) is 0 Å². The lowest BCUT2D eigenvalue weighted by molar-refractivity contribution is 0.210. The molecule has 0 bridgehead atoms. The normalized spacial score (nSPS) is 10.1. The first kappa shape index (κ1) is 13.7. The predicted octanol–water partition coefficient (Wildman–Crippen LogP) is 3.25. The van der Waals surface area contributed by atoms with E-state index < -0.39 is 6.09 Å². The van der Waals surface area contributed by atoms with Crippen molar-refractivity contribution in [2.24, 2.45) is 0 Å². The second-order valence-electron chi connectivity index (χ2n) is 4.21. The van der Waals surface area contributed by atoms with Crippen molar-refractivity contribution in [2.75, 3.05) is 16.2 Å². The molecule has 2 aromatic carbocycles. The van der Waals surface area contributed by atoms with E-state index >= 15 is 0 Å². The molecule has 6 heteroatoms. The topological polar surface area (TPSA) is 78.6 Å². The molecular formula is C14H14FN3O2. The Balaban J connectivity index is 2.13. The van der Waals surface area contributed by atoms with Gasteiger partial charge in [-0.25, -0.2) is 9.92 Å². The minimum absolute atomic E-state index is 0.0893. The third-order valence-electron chi connectivity index (χ3n) is 2.72. The molecule has 4 N–H and O–H groups in total. The molecule has 0 aliphatic rings. The molecule has 0 saturated heterocycles. The number of anilines is 3. The van der Waals surface area contributed by atoms with Crippen LogP contribution < -0.4 is 16.2 Å². The molecular weight excluding hydrogens is 261 g/mol. The van der Waals surface area contributed by atoms with E-state index in [1.54, 1.807) is 0 Å². The quantitative estimate of drug-likeness (QED) is 0.591. The molecule has 0 spiro atoms. The highest BCUT2D eigenvalue weighted by Gasteiger charge is 2.09. The van der Waals surface area contributed by atoms with Crippen LogP contribution in [0.1, 0.15) is 5.56 Å². The molecule has 0 aliphatic carbocycles. The highest BCUT2D eigenvalue weighted by Crippen LogP contribution is 2.26. The Kier molecular flexibility index (Phi) is 4.05. The number of carboxylic acid groups (broad SMARTS) is 1. The smallest absolute Gasteiger partial charge is 0.409 e. The lowest BCUT2D eigenvalue weighted by Crippen LogP contribution is -2.13. The summed E-state index contributed by atoms with van der Waals surface area (Å²) in [6.07, 6.45) is -1.22. The second-order valence-corrected chi connectivity index (χ2v) is 4.21. The summed E-state index contributed by atoms with van der Waals surface area (Å²) in [5, 5.41) is 11.3. The zero-order chi connectivity index (χ0) is 14.5. The predicted molar refractivity (Wildman–Crippen MR) is 76.2 cm³/mol. The Labute approximate surface area is 115 Å². The fraction of sp³-hybridized carbons (Fsp3) is 0.0714. The van der Waals surface area contributed by atoms with Crippen molar-refractivity contribution in [1.82, 2.24) is 0 Å². The number of amides is 1. The van der Waals surface area contributed by atoms with Crippen LogP contribution in [0.5, 0.6) is 0 Å². The summed E-state index contributed by atoms with van der Waals surface area (Å²) >= 11 is 0. The summed E-state index contributed by atoms with van der Waals surface area (Å²) in [5.74, 6) is 0. The maximum Gasteiger partial charge on any atom is 0.409 e. The number of benzene rings is 2. The number of nitrogen functional groups attached to an aromatic ring is 1. The van der Waals surface area contributed by atoms with Crippen molar-refractivity contribution in [2.45, 2.75) is 6.54 Å². The van der Waals surface area contributed by atoms with Crippen LogP contribution in [-0.2, 0) is 6.54 Å². The van der Waals surface area contributed by atoms with E-state index in [9.17, 15) is 9.28 Å². The maximum atomic E-state index is 14.0. The lowest BCUT2D eigenvalue weighted by atomic mass is 10.2. The SMILES string of the molecule is Nc1cc(N(F)Cc2ccccc2)ccc1NC(=O)O. The molecule has 20 heavy (non-hydrogen) atoms. The fourth-order valence-electron chi connectivity index (χ4n) is 1.77. The highest BCUT2D eigenvalue weighted by molar-refractivity contribution is 5.88. The molecule has 2 rings (SSSR count). The van der Waals surface area contributed by atoms with Crippen molar-refractivity contribution in [1.29, 1.82) is 0 Å². The number of nitrogens with two attached hydrogens (primary N) is 1. The first-order valence-corrected chi connectivity index (χ1v) is 5.93. The summed E-state index contributed by atoms with van der Waals surface area (Å²) in [4.78, 5) is 10.5. The van der Waals surface area contributed by atoms with Gasteiger partial charge in [-0.3, -0.25) is 5.32 Å². The number of nitrogens with one attached hydrogen (secondary N) is 1. The number of rotatable bonds is 4. The largest absolute Gasteiger partial charge is 0.465 e.